The number of anilines is 1. The normalized spacial score (nSPS) is 16.5. The van der Waals surface area contributed by atoms with Gasteiger partial charge in [-0.3, -0.25) is 19.5 Å². The van der Waals surface area contributed by atoms with Crippen molar-refractivity contribution >= 4 is 60.3 Å². The lowest BCUT2D eigenvalue weighted by molar-refractivity contribution is -0.123. The van der Waals surface area contributed by atoms with E-state index in [2.05, 4.69) is 45.8 Å². The first-order chi connectivity index (χ1) is 17.8. The number of aryl methyl sites for hydroxylation is 1. The number of amidine groups is 1. The Labute approximate surface area is 236 Å². The zero-order chi connectivity index (χ0) is 28.1. The highest BCUT2D eigenvalue weighted by atomic mass is 35.5. The minimum absolute atomic E-state index is 0.0247. The van der Waals surface area contributed by atoms with Gasteiger partial charge in [-0.2, -0.15) is 0 Å². The topological polar surface area (TPSA) is 68.2 Å². The Morgan fingerprint density at radius 2 is 1.87 bits per heavy atom. The van der Waals surface area contributed by atoms with Crippen molar-refractivity contribution in [3.05, 3.63) is 63.5 Å². The fraction of sp³-hybridized carbons (Fsp3) is 0.414. The number of nitrogens with zero attached hydrogens (tertiary/aromatic N) is 2. The summed E-state index contributed by atoms with van der Waals surface area (Å²) in [5.74, 6) is 0.148. The molecular weight excluding hydrogens is 536 g/mol. The third-order valence-corrected chi connectivity index (χ3v) is 12.5. The number of benzene rings is 2. The van der Waals surface area contributed by atoms with E-state index in [0.29, 0.717) is 27.4 Å². The first kappa shape index (κ1) is 30.2. The average molecular weight is 573 g/mol. The molecule has 0 saturated carbocycles. The molecule has 0 radical (unpaired) electrons. The third-order valence-electron chi connectivity index (χ3n) is 6.68. The van der Waals surface area contributed by atoms with Crippen molar-refractivity contribution in [2.24, 2.45) is 4.99 Å². The summed E-state index contributed by atoms with van der Waals surface area (Å²) in [6, 6.07) is 13.0. The summed E-state index contributed by atoms with van der Waals surface area (Å²) in [5.41, 5.74) is 2.58. The minimum atomic E-state index is -2.01. The molecule has 38 heavy (non-hydrogen) atoms. The van der Waals surface area contributed by atoms with Gasteiger partial charge in [0.05, 0.1) is 22.2 Å². The van der Waals surface area contributed by atoms with Gasteiger partial charge in [0.25, 0.3) is 5.91 Å². The lowest BCUT2D eigenvalue weighted by Crippen LogP contribution is -2.42. The van der Waals surface area contributed by atoms with Crippen LogP contribution in [0.1, 0.15) is 45.2 Å². The molecule has 1 aliphatic heterocycles. The van der Waals surface area contributed by atoms with E-state index < -0.39 is 8.32 Å². The summed E-state index contributed by atoms with van der Waals surface area (Å²) in [5, 5.41) is 1.06. The van der Waals surface area contributed by atoms with E-state index in [-0.39, 0.29) is 29.9 Å². The molecule has 0 bridgehead atoms. The molecule has 204 valence electrons. The number of Topliss-reactive ketones (excluding diaryl/α,β-unsaturated/α-hetero) is 1. The number of hydrogen-bond acceptors (Lipinski definition) is 6. The van der Waals surface area contributed by atoms with E-state index in [1.54, 1.807) is 23.1 Å². The van der Waals surface area contributed by atoms with Gasteiger partial charge in [0.15, 0.2) is 19.3 Å². The first-order valence-corrected chi connectivity index (χ1v) is 16.9. The van der Waals surface area contributed by atoms with E-state index in [1.165, 1.54) is 11.8 Å². The van der Waals surface area contributed by atoms with Crippen molar-refractivity contribution in [2.45, 2.75) is 59.2 Å². The molecule has 3 rings (SSSR count). The summed E-state index contributed by atoms with van der Waals surface area (Å²) >= 11 is 7.83. The standard InChI is InChI=1S/C29H37ClN2O4SSi/c1-8-15-31-28-32(24-12-10-9-11-20(24)2)27(34)26(37-28)17-21-13-14-25(23(30)16-21)35-18-22(33)19-36-38(6,7)29(3,4)5/h9-14,16-17H,8,15,18-19H2,1-7H3/b26-17-,31-28-. The summed E-state index contributed by atoms with van der Waals surface area (Å²) in [7, 11) is -2.01. The maximum atomic E-state index is 13.4. The molecule has 0 aliphatic carbocycles. The van der Waals surface area contributed by atoms with Crippen molar-refractivity contribution in [3.63, 3.8) is 0 Å². The molecule has 9 heteroatoms. The monoisotopic (exact) mass is 572 g/mol. The molecule has 1 heterocycles. The maximum Gasteiger partial charge on any atom is 0.271 e. The third kappa shape index (κ3) is 7.37. The van der Waals surface area contributed by atoms with Crippen molar-refractivity contribution in [3.8, 4) is 5.75 Å². The number of rotatable bonds is 10. The summed E-state index contributed by atoms with van der Waals surface area (Å²) < 4.78 is 11.7. The van der Waals surface area contributed by atoms with Crippen molar-refractivity contribution < 1.29 is 18.8 Å². The van der Waals surface area contributed by atoms with Crippen LogP contribution in [0.2, 0.25) is 23.2 Å². The van der Waals surface area contributed by atoms with Crippen LogP contribution in [-0.4, -0.2) is 44.9 Å². The van der Waals surface area contributed by atoms with Crippen LogP contribution in [0, 0.1) is 6.92 Å². The maximum absolute atomic E-state index is 13.4. The number of hydrogen-bond donors (Lipinski definition) is 0. The largest absolute Gasteiger partial charge is 0.484 e. The SMILES string of the molecule is CCC/N=C1\S/C(=C\c2ccc(OCC(=O)CO[Si](C)(C)C(C)(C)C)c(Cl)c2)C(=O)N1c1ccccc1C. The van der Waals surface area contributed by atoms with E-state index in [1.807, 2.05) is 37.3 Å². The van der Waals surface area contributed by atoms with Gasteiger partial charge in [0.1, 0.15) is 12.4 Å². The Morgan fingerprint density at radius 1 is 1.16 bits per heavy atom. The molecule has 0 aromatic heterocycles. The highest BCUT2D eigenvalue weighted by Crippen LogP contribution is 2.38. The van der Waals surface area contributed by atoms with Gasteiger partial charge in [-0.1, -0.05) is 63.6 Å². The number of carbonyl (C=O) groups is 2. The van der Waals surface area contributed by atoms with Crippen molar-refractivity contribution in [1.82, 2.24) is 0 Å². The molecule has 0 unspecified atom stereocenters. The molecular formula is C29H37ClN2O4SSi. The minimum Gasteiger partial charge on any atom is -0.484 e. The Bertz CT molecular complexity index is 1250. The summed E-state index contributed by atoms with van der Waals surface area (Å²) in [6.07, 6.45) is 2.70. The molecule has 0 spiro atoms. The number of carbonyl (C=O) groups excluding carboxylic acids is 2. The molecule has 6 nitrogen and oxygen atoms in total. The van der Waals surface area contributed by atoms with Crippen LogP contribution in [0.15, 0.2) is 52.4 Å². The highest BCUT2D eigenvalue weighted by Gasteiger charge is 2.37. The number of para-hydroxylation sites is 1. The number of thioether (sulfide) groups is 1. The van der Waals surface area contributed by atoms with Crippen molar-refractivity contribution in [2.75, 3.05) is 24.7 Å². The first-order valence-electron chi connectivity index (χ1n) is 12.8. The number of aliphatic imine (C=N–C) groups is 1. The molecule has 2 aromatic rings. The van der Waals surface area contributed by atoms with Crippen LogP contribution in [0.25, 0.3) is 6.08 Å². The predicted molar refractivity (Wildman–Crippen MR) is 162 cm³/mol. The Morgan fingerprint density at radius 3 is 2.50 bits per heavy atom. The second kappa shape index (κ2) is 12.6. The predicted octanol–water partition coefficient (Wildman–Crippen LogP) is 7.51. The lowest BCUT2D eigenvalue weighted by atomic mass is 10.1. The van der Waals surface area contributed by atoms with Gasteiger partial charge in [-0.05, 0) is 78.6 Å². The van der Waals surface area contributed by atoms with Gasteiger partial charge in [0, 0.05) is 6.54 Å². The Hall–Kier alpha value is -2.39. The molecule has 1 amide bonds. The zero-order valence-electron chi connectivity index (χ0n) is 23.3. The smallest absolute Gasteiger partial charge is 0.271 e. The van der Waals surface area contributed by atoms with Gasteiger partial charge >= 0.3 is 0 Å². The number of ketones is 1. The van der Waals surface area contributed by atoms with Crippen LogP contribution in [-0.2, 0) is 14.0 Å². The van der Waals surface area contributed by atoms with Crippen LogP contribution in [0.4, 0.5) is 5.69 Å². The van der Waals surface area contributed by atoms with Gasteiger partial charge < -0.3 is 9.16 Å². The number of ether oxygens (including phenoxy) is 1. The average Bonchev–Trinajstić information content (AvgIpc) is 3.15. The van der Waals surface area contributed by atoms with E-state index >= 15 is 0 Å². The van der Waals surface area contributed by atoms with Crippen molar-refractivity contribution in [1.29, 1.82) is 0 Å². The van der Waals surface area contributed by atoms with E-state index in [4.69, 9.17) is 20.8 Å². The van der Waals surface area contributed by atoms with E-state index in [0.717, 1.165) is 23.2 Å². The van der Waals surface area contributed by atoms with Crippen LogP contribution in [0.3, 0.4) is 0 Å². The summed E-state index contributed by atoms with van der Waals surface area (Å²) in [4.78, 5) is 32.7. The van der Waals surface area contributed by atoms with Crippen LogP contribution < -0.4 is 9.64 Å². The number of amides is 1. The Kier molecular flexibility index (Phi) is 10.0. The molecule has 0 atom stereocenters. The summed E-state index contributed by atoms with van der Waals surface area (Å²) in [6.45, 7) is 15.2. The second-order valence-electron chi connectivity index (χ2n) is 10.8. The van der Waals surface area contributed by atoms with Gasteiger partial charge in [0.2, 0.25) is 0 Å². The molecule has 1 fully saturated rings. The molecule has 2 aromatic carbocycles. The van der Waals surface area contributed by atoms with Crippen LogP contribution >= 0.6 is 23.4 Å². The van der Waals surface area contributed by atoms with Crippen LogP contribution in [0.5, 0.6) is 5.75 Å². The zero-order valence-corrected chi connectivity index (χ0v) is 25.8. The van der Waals surface area contributed by atoms with E-state index in [9.17, 15) is 9.59 Å². The molecule has 1 saturated heterocycles. The molecule has 1 aliphatic rings. The molecule has 0 N–H and O–H groups in total. The fourth-order valence-electron chi connectivity index (χ4n) is 3.37. The number of halogens is 1. The fourth-order valence-corrected chi connectivity index (χ4v) is 5.56. The highest BCUT2D eigenvalue weighted by molar-refractivity contribution is 8.19. The Balaban J connectivity index is 1.71. The van der Waals surface area contributed by atoms with Gasteiger partial charge in [-0.15, -0.1) is 0 Å². The quantitative estimate of drug-likeness (QED) is 0.218. The van der Waals surface area contributed by atoms with Gasteiger partial charge in [-0.25, -0.2) is 0 Å². The lowest BCUT2D eigenvalue weighted by Gasteiger charge is -2.35. The second-order valence-corrected chi connectivity index (χ2v) is 17.0.